The molecule has 1 aliphatic rings. The van der Waals surface area contributed by atoms with Crippen molar-refractivity contribution in [3.05, 3.63) is 89.2 Å². The molecule has 0 spiro atoms. The quantitative estimate of drug-likeness (QED) is 0.701. The Hall–Kier alpha value is -2.79. The van der Waals surface area contributed by atoms with Crippen LogP contribution in [-0.4, -0.2) is 23.2 Å². The Kier molecular flexibility index (Phi) is 5.63. The van der Waals surface area contributed by atoms with Gasteiger partial charge in [0.2, 0.25) is 0 Å². The number of carbonyl (C=O) groups excluding carboxylic acids is 1. The van der Waals surface area contributed by atoms with Crippen LogP contribution in [0, 0.1) is 6.92 Å². The maximum atomic E-state index is 12.6. The zero-order chi connectivity index (χ0) is 19.3. The van der Waals surface area contributed by atoms with Crippen LogP contribution in [0.1, 0.15) is 27.0 Å². The summed E-state index contributed by atoms with van der Waals surface area (Å²) in [6.07, 6.45) is 3.50. The van der Waals surface area contributed by atoms with Crippen LogP contribution in [0.25, 0.3) is 0 Å². The predicted octanol–water partition coefficient (Wildman–Crippen LogP) is 4.43. The molecule has 0 bridgehead atoms. The predicted molar refractivity (Wildman–Crippen MR) is 115 cm³/mol. The lowest BCUT2D eigenvalue weighted by Crippen LogP contribution is -2.29. The first-order valence-corrected chi connectivity index (χ1v) is 10.4. The number of hydrogen-bond donors (Lipinski definition) is 1. The van der Waals surface area contributed by atoms with Crippen LogP contribution in [0.15, 0.2) is 71.9 Å². The van der Waals surface area contributed by atoms with Crippen molar-refractivity contribution >= 4 is 23.4 Å². The summed E-state index contributed by atoms with van der Waals surface area (Å²) < 4.78 is 0. The van der Waals surface area contributed by atoms with Crippen LogP contribution >= 0.6 is 11.8 Å². The van der Waals surface area contributed by atoms with Crippen molar-refractivity contribution < 1.29 is 4.79 Å². The molecule has 3 aromatic rings. The van der Waals surface area contributed by atoms with E-state index in [2.05, 4.69) is 52.5 Å². The lowest BCUT2D eigenvalue weighted by molar-refractivity contribution is 0.0951. The fourth-order valence-electron chi connectivity index (χ4n) is 3.28. The van der Waals surface area contributed by atoms with Gasteiger partial charge in [0.05, 0.1) is 5.69 Å². The van der Waals surface area contributed by atoms with Gasteiger partial charge in [-0.3, -0.25) is 9.78 Å². The molecule has 142 valence electrons. The summed E-state index contributed by atoms with van der Waals surface area (Å²) in [5, 5.41) is 2.99. The number of anilines is 1. The summed E-state index contributed by atoms with van der Waals surface area (Å²) in [5.41, 5.74) is 5.39. The number of fused-ring (bicyclic) bond motifs is 1. The first kappa shape index (κ1) is 18.6. The van der Waals surface area contributed by atoms with Crippen LogP contribution in [-0.2, 0) is 13.1 Å². The first-order valence-electron chi connectivity index (χ1n) is 9.43. The normalized spacial score (nSPS) is 13.1. The van der Waals surface area contributed by atoms with Gasteiger partial charge in [-0.2, -0.15) is 0 Å². The average Bonchev–Trinajstić information content (AvgIpc) is 2.74. The molecule has 0 radical (unpaired) electrons. The van der Waals surface area contributed by atoms with Gasteiger partial charge in [0.1, 0.15) is 0 Å². The van der Waals surface area contributed by atoms with Gasteiger partial charge in [-0.15, -0.1) is 11.8 Å². The highest BCUT2D eigenvalue weighted by atomic mass is 32.2. The number of aromatic nitrogens is 1. The molecule has 2 aromatic carbocycles. The molecule has 0 unspecified atom stereocenters. The summed E-state index contributed by atoms with van der Waals surface area (Å²) in [7, 11) is 0. The Bertz CT molecular complexity index is 957. The van der Waals surface area contributed by atoms with E-state index in [0.29, 0.717) is 12.1 Å². The second-order valence-electron chi connectivity index (χ2n) is 6.98. The van der Waals surface area contributed by atoms with Crippen LogP contribution in [0.4, 0.5) is 5.69 Å². The molecule has 28 heavy (non-hydrogen) atoms. The van der Waals surface area contributed by atoms with Gasteiger partial charge in [0.25, 0.3) is 5.91 Å². The molecule has 4 rings (SSSR count). The summed E-state index contributed by atoms with van der Waals surface area (Å²) in [5.74, 6) is 1.00. The summed E-state index contributed by atoms with van der Waals surface area (Å²) in [4.78, 5) is 20.3. The van der Waals surface area contributed by atoms with E-state index >= 15 is 0 Å². The number of aryl methyl sites for hydroxylation is 1. The standard InChI is InChI=1S/C23H23N3OS/c1-17-4-6-18(7-5-17)16-26-11-12-28-22-9-8-20(13-21(22)26)23(27)25-15-19-3-2-10-24-14-19/h2-10,13-14H,11-12,15-16H2,1H3,(H,25,27). The first-order chi connectivity index (χ1) is 13.7. The lowest BCUT2D eigenvalue weighted by atomic mass is 10.1. The summed E-state index contributed by atoms with van der Waals surface area (Å²) >= 11 is 1.85. The highest BCUT2D eigenvalue weighted by Crippen LogP contribution is 2.36. The maximum absolute atomic E-state index is 12.6. The molecule has 0 saturated carbocycles. The Morgan fingerprint density at radius 3 is 2.79 bits per heavy atom. The monoisotopic (exact) mass is 389 g/mol. The third-order valence-electron chi connectivity index (χ3n) is 4.85. The van der Waals surface area contributed by atoms with Crippen molar-refractivity contribution in [3.63, 3.8) is 0 Å². The second-order valence-corrected chi connectivity index (χ2v) is 8.12. The number of nitrogens with zero attached hydrogens (tertiary/aromatic N) is 2. The van der Waals surface area contributed by atoms with Gasteiger partial charge < -0.3 is 10.2 Å². The fourth-order valence-corrected chi connectivity index (χ4v) is 4.31. The van der Waals surface area contributed by atoms with Gasteiger partial charge in [0, 0.05) is 48.2 Å². The van der Waals surface area contributed by atoms with E-state index in [4.69, 9.17) is 0 Å². The number of benzene rings is 2. The second kappa shape index (κ2) is 8.48. The van der Waals surface area contributed by atoms with Crippen LogP contribution in [0.5, 0.6) is 0 Å². The number of nitrogens with one attached hydrogen (secondary N) is 1. The fraction of sp³-hybridized carbons (Fsp3) is 0.217. The molecule has 4 nitrogen and oxygen atoms in total. The van der Waals surface area contributed by atoms with Crippen LogP contribution in [0.3, 0.4) is 0 Å². The van der Waals surface area contributed by atoms with Gasteiger partial charge >= 0.3 is 0 Å². The summed E-state index contributed by atoms with van der Waals surface area (Å²) in [6, 6.07) is 18.5. The van der Waals surface area contributed by atoms with Gasteiger partial charge in [-0.1, -0.05) is 35.9 Å². The molecule has 2 heterocycles. The van der Waals surface area contributed by atoms with Crippen LogP contribution < -0.4 is 10.2 Å². The molecule has 1 N–H and O–H groups in total. The van der Waals surface area contributed by atoms with E-state index < -0.39 is 0 Å². The minimum Gasteiger partial charge on any atom is -0.365 e. The smallest absolute Gasteiger partial charge is 0.251 e. The Labute approximate surface area is 170 Å². The molecule has 5 heteroatoms. The summed E-state index contributed by atoms with van der Waals surface area (Å²) in [6.45, 7) is 4.42. The average molecular weight is 390 g/mol. The Morgan fingerprint density at radius 1 is 1.14 bits per heavy atom. The Balaban J connectivity index is 1.50. The minimum absolute atomic E-state index is 0.0579. The van der Waals surface area contributed by atoms with Crippen LogP contribution in [0.2, 0.25) is 0 Å². The molecule has 1 amide bonds. The zero-order valence-electron chi connectivity index (χ0n) is 15.9. The molecular weight excluding hydrogens is 366 g/mol. The molecular formula is C23H23N3OS. The van der Waals surface area contributed by atoms with E-state index in [1.54, 1.807) is 12.4 Å². The number of thioether (sulfide) groups is 1. The third kappa shape index (κ3) is 4.37. The highest BCUT2D eigenvalue weighted by Gasteiger charge is 2.19. The lowest BCUT2D eigenvalue weighted by Gasteiger charge is -2.31. The molecule has 0 fully saturated rings. The van der Waals surface area contributed by atoms with E-state index in [9.17, 15) is 4.79 Å². The number of rotatable bonds is 5. The van der Waals surface area contributed by atoms with Crippen molar-refractivity contribution in [2.45, 2.75) is 24.9 Å². The molecule has 0 atom stereocenters. The number of pyridine rings is 1. The van der Waals surface area contributed by atoms with Crippen molar-refractivity contribution in [2.24, 2.45) is 0 Å². The maximum Gasteiger partial charge on any atom is 0.251 e. The zero-order valence-corrected chi connectivity index (χ0v) is 16.7. The number of carbonyl (C=O) groups is 1. The highest BCUT2D eigenvalue weighted by molar-refractivity contribution is 7.99. The Morgan fingerprint density at radius 2 is 2.00 bits per heavy atom. The third-order valence-corrected chi connectivity index (χ3v) is 5.89. The van der Waals surface area contributed by atoms with Crippen molar-refractivity contribution in [1.82, 2.24) is 10.3 Å². The minimum atomic E-state index is -0.0579. The number of hydrogen-bond acceptors (Lipinski definition) is 4. The van der Waals surface area contributed by atoms with Crippen molar-refractivity contribution in [3.8, 4) is 0 Å². The molecule has 1 aliphatic heterocycles. The topological polar surface area (TPSA) is 45.2 Å². The van der Waals surface area contributed by atoms with E-state index in [-0.39, 0.29) is 5.91 Å². The number of amides is 1. The van der Waals surface area contributed by atoms with E-state index in [1.165, 1.54) is 16.0 Å². The van der Waals surface area contributed by atoms with Crippen molar-refractivity contribution in [1.29, 1.82) is 0 Å². The van der Waals surface area contributed by atoms with Gasteiger partial charge in [-0.05, 0) is 42.3 Å². The SMILES string of the molecule is Cc1ccc(CN2CCSc3ccc(C(=O)NCc4cccnc4)cc32)cc1. The van der Waals surface area contributed by atoms with Gasteiger partial charge in [-0.25, -0.2) is 0 Å². The van der Waals surface area contributed by atoms with E-state index in [1.807, 2.05) is 36.0 Å². The molecule has 1 aromatic heterocycles. The van der Waals surface area contributed by atoms with E-state index in [0.717, 1.165) is 30.1 Å². The van der Waals surface area contributed by atoms with Gasteiger partial charge in [0.15, 0.2) is 0 Å². The molecule has 0 saturated heterocycles. The largest absolute Gasteiger partial charge is 0.365 e. The molecule has 0 aliphatic carbocycles. The van der Waals surface area contributed by atoms with Crippen molar-refractivity contribution in [2.75, 3.05) is 17.2 Å².